The largest absolute Gasteiger partial charge is 0.330 e. The zero-order valence-corrected chi connectivity index (χ0v) is 11.1. The third-order valence-electron chi connectivity index (χ3n) is 3.40. The topological polar surface area (TPSA) is 38.0 Å². The van der Waals surface area contributed by atoms with Crippen LogP contribution in [0.15, 0.2) is 0 Å². The molecule has 0 radical (unpaired) electrons. The lowest BCUT2D eigenvalue weighted by atomic mass is 9.90. The monoisotopic (exact) mass is 214 g/mol. The number of hydrogen-bond donors (Lipinski definition) is 2. The lowest BCUT2D eigenvalue weighted by Crippen LogP contribution is -2.44. The maximum atomic E-state index is 5.45. The second kappa shape index (κ2) is 8.12. The summed E-state index contributed by atoms with van der Waals surface area (Å²) in [5.41, 5.74) is 5.72. The van der Waals surface area contributed by atoms with E-state index in [4.69, 9.17) is 5.73 Å². The molecule has 2 heteroatoms. The van der Waals surface area contributed by atoms with Crippen LogP contribution in [0.4, 0.5) is 0 Å². The van der Waals surface area contributed by atoms with Crippen LogP contribution in [0.3, 0.4) is 0 Å². The van der Waals surface area contributed by atoms with Gasteiger partial charge in [-0.2, -0.15) is 0 Å². The van der Waals surface area contributed by atoms with Crippen LogP contribution in [0.5, 0.6) is 0 Å². The van der Waals surface area contributed by atoms with Gasteiger partial charge in [-0.3, -0.25) is 0 Å². The van der Waals surface area contributed by atoms with Gasteiger partial charge in [-0.1, -0.05) is 33.1 Å². The molecule has 15 heavy (non-hydrogen) atoms. The summed E-state index contributed by atoms with van der Waals surface area (Å²) in [5, 5.41) is 3.62. The highest BCUT2D eigenvalue weighted by atomic mass is 15.0. The predicted molar refractivity (Wildman–Crippen MR) is 69.1 cm³/mol. The molecule has 0 bridgehead atoms. The van der Waals surface area contributed by atoms with Gasteiger partial charge in [-0.05, 0) is 45.7 Å². The van der Waals surface area contributed by atoms with Crippen molar-refractivity contribution in [3.63, 3.8) is 0 Å². The number of hydrogen-bond acceptors (Lipinski definition) is 2. The fourth-order valence-corrected chi connectivity index (χ4v) is 1.41. The zero-order valence-electron chi connectivity index (χ0n) is 11.1. The maximum Gasteiger partial charge on any atom is 0.0148 e. The lowest BCUT2D eigenvalue weighted by Gasteiger charge is -2.30. The molecule has 0 saturated heterocycles. The van der Waals surface area contributed by atoms with E-state index in [1.165, 1.54) is 32.1 Å². The van der Waals surface area contributed by atoms with E-state index in [1.807, 2.05) is 0 Å². The summed E-state index contributed by atoms with van der Waals surface area (Å²) >= 11 is 0. The molecule has 0 spiro atoms. The summed E-state index contributed by atoms with van der Waals surface area (Å²) in [6.45, 7) is 11.1. The molecule has 92 valence electrons. The molecule has 0 fully saturated rings. The van der Waals surface area contributed by atoms with E-state index in [9.17, 15) is 0 Å². The molecule has 0 aliphatic carbocycles. The average Bonchev–Trinajstić information content (AvgIpc) is 2.16. The molecule has 0 heterocycles. The summed E-state index contributed by atoms with van der Waals surface area (Å²) in [6.07, 6.45) is 6.44. The van der Waals surface area contributed by atoms with Crippen molar-refractivity contribution >= 4 is 0 Å². The van der Waals surface area contributed by atoms with Gasteiger partial charge in [-0.25, -0.2) is 0 Å². The van der Waals surface area contributed by atoms with Gasteiger partial charge < -0.3 is 11.1 Å². The van der Waals surface area contributed by atoms with E-state index in [-0.39, 0.29) is 5.54 Å². The minimum absolute atomic E-state index is 0.275. The molecule has 0 amide bonds. The Hall–Kier alpha value is -0.0800. The van der Waals surface area contributed by atoms with Crippen molar-refractivity contribution < 1.29 is 0 Å². The normalized spacial score (nSPS) is 12.4. The van der Waals surface area contributed by atoms with Gasteiger partial charge in [0.15, 0.2) is 0 Å². The minimum Gasteiger partial charge on any atom is -0.330 e. The van der Waals surface area contributed by atoms with E-state index in [1.54, 1.807) is 0 Å². The van der Waals surface area contributed by atoms with Crippen molar-refractivity contribution in [1.29, 1.82) is 0 Å². The molecule has 0 aliphatic rings. The van der Waals surface area contributed by atoms with E-state index >= 15 is 0 Å². The van der Waals surface area contributed by atoms with Crippen molar-refractivity contribution in [3.05, 3.63) is 0 Å². The lowest BCUT2D eigenvalue weighted by molar-refractivity contribution is 0.286. The van der Waals surface area contributed by atoms with Crippen molar-refractivity contribution in [2.45, 2.75) is 65.3 Å². The van der Waals surface area contributed by atoms with Gasteiger partial charge in [0.25, 0.3) is 0 Å². The Morgan fingerprint density at radius 2 is 1.53 bits per heavy atom. The SMILES string of the molecule is CC(C)C(C)(C)NCCCCCCCN. The van der Waals surface area contributed by atoms with Gasteiger partial charge in [0.1, 0.15) is 0 Å². The Morgan fingerprint density at radius 3 is 2.07 bits per heavy atom. The van der Waals surface area contributed by atoms with Gasteiger partial charge in [0.2, 0.25) is 0 Å². The fraction of sp³-hybridized carbons (Fsp3) is 1.00. The molecular formula is C13H30N2. The van der Waals surface area contributed by atoms with Crippen molar-refractivity contribution in [3.8, 4) is 0 Å². The first-order valence-corrected chi connectivity index (χ1v) is 6.46. The zero-order chi connectivity index (χ0) is 11.7. The van der Waals surface area contributed by atoms with Crippen LogP contribution in [0, 0.1) is 5.92 Å². The van der Waals surface area contributed by atoms with Gasteiger partial charge >= 0.3 is 0 Å². The second-order valence-electron chi connectivity index (χ2n) is 5.36. The Bertz CT molecular complexity index is 141. The predicted octanol–water partition coefficient (Wildman–Crippen LogP) is 2.92. The van der Waals surface area contributed by atoms with Crippen molar-refractivity contribution in [1.82, 2.24) is 5.32 Å². The van der Waals surface area contributed by atoms with E-state index in [2.05, 4.69) is 33.0 Å². The number of nitrogens with two attached hydrogens (primary N) is 1. The summed E-state index contributed by atoms with van der Waals surface area (Å²) in [4.78, 5) is 0. The summed E-state index contributed by atoms with van der Waals surface area (Å²) in [6, 6.07) is 0. The van der Waals surface area contributed by atoms with Crippen molar-refractivity contribution in [2.75, 3.05) is 13.1 Å². The molecule has 0 aromatic heterocycles. The van der Waals surface area contributed by atoms with Gasteiger partial charge in [-0.15, -0.1) is 0 Å². The standard InChI is InChI=1S/C13H30N2/c1-12(2)13(3,4)15-11-9-7-5-6-8-10-14/h12,15H,5-11,14H2,1-4H3. The van der Waals surface area contributed by atoms with Gasteiger partial charge in [0, 0.05) is 5.54 Å². The maximum absolute atomic E-state index is 5.45. The summed E-state index contributed by atoms with van der Waals surface area (Å²) in [7, 11) is 0. The molecule has 0 rings (SSSR count). The van der Waals surface area contributed by atoms with E-state index < -0.39 is 0 Å². The smallest absolute Gasteiger partial charge is 0.0148 e. The van der Waals surface area contributed by atoms with Crippen LogP contribution >= 0.6 is 0 Å². The summed E-state index contributed by atoms with van der Waals surface area (Å²) < 4.78 is 0. The molecule has 0 atom stereocenters. The number of rotatable bonds is 9. The Morgan fingerprint density at radius 1 is 1.00 bits per heavy atom. The third-order valence-corrected chi connectivity index (χ3v) is 3.40. The van der Waals surface area contributed by atoms with E-state index in [0.717, 1.165) is 13.1 Å². The Labute approximate surface area is 96.0 Å². The molecule has 3 N–H and O–H groups in total. The van der Waals surface area contributed by atoms with Gasteiger partial charge in [0.05, 0.1) is 0 Å². The van der Waals surface area contributed by atoms with Crippen molar-refractivity contribution in [2.24, 2.45) is 11.7 Å². The highest BCUT2D eigenvalue weighted by Gasteiger charge is 2.20. The molecule has 0 aliphatic heterocycles. The first-order valence-electron chi connectivity index (χ1n) is 6.46. The first-order chi connectivity index (χ1) is 7.00. The highest BCUT2D eigenvalue weighted by molar-refractivity contribution is 4.80. The number of nitrogens with one attached hydrogen (secondary N) is 1. The van der Waals surface area contributed by atoms with Crippen LogP contribution in [0.25, 0.3) is 0 Å². The van der Waals surface area contributed by atoms with Crippen LogP contribution in [-0.4, -0.2) is 18.6 Å². The minimum atomic E-state index is 0.275. The summed E-state index contributed by atoms with van der Waals surface area (Å²) in [5.74, 6) is 0.690. The fourth-order valence-electron chi connectivity index (χ4n) is 1.41. The molecule has 0 saturated carbocycles. The second-order valence-corrected chi connectivity index (χ2v) is 5.36. The van der Waals surface area contributed by atoms with Crippen LogP contribution < -0.4 is 11.1 Å². The molecule has 0 unspecified atom stereocenters. The third kappa shape index (κ3) is 7.80. The average molecular weight is 214 g/mol. The molecule has 0 aromatic carbocycles. The first kappa shape index (κ1) is 14.9. The van der Waals surface area contributed by atoms with Crippen LogP contribution in [-0.2, 0) is 0 Å². The highest BCUT2D eigenvalue weighted by Crippen LogP contribution is 2.15. The molecule has 2 nitrogen and oxygen atoms in total. The number of unbranched alkanes of at least 4 members (excludes halogenated alkanes) is 4. The Balaban J connectivity index is 3.31. The van der Waals surface area contributed by atoms with E-state index in [0.29, 0.717) is 5.92 Å². The molecule has 0 aromatic rings. The quantitative estimate of drug-likeness (QED) is 0.579. The van der Waals surface area contributed by atoms with Crippen LogP contribution in [0.1, 0.15) is 59.8 Å². The molecular weight excluding hydrogens is 184 g/mol. The van der Waals surface area contributed by atoms with Crippen LogP contribution in [0.2, 0.25) is 0 Å². The Kier molecular flexibility index (Phi) is 8.07.